The molecule has 0 saturated carbocycles. The molecule has 7 heteroatoms. The van der Waals surface area contributed by atoms with Gasteiger partial charge in [-0.1, -0.05) is 47.6 Å². The largest absolute Gasteiger partial charge is 0.508 e. The van der Waals surface area contributed by atoms with Crippen LogP contribution in [0.4, 0.5) is 4.79 Å². The summed E-state index contributed by atoms with van der Waals surface area (Å²) in [5.74, 6) is 0.250. The summed E-state index contributed by atoms with van der Waals surface area (Å²) in [6, 6.07) is 21.9. The van der Waals surface area contributed by atoms with Crippen molar-refractivity contribution in [2.45, 2.75) is 22.3 Å². The summed E-state index contributed by atoms with van der Waals surface area (Å²) in [6.45, 7) is 0.284. The lowest BCUT2D eigenvalue weighted by Crippen LogP contribution is -2.28. The predicted molar refractivity (Wildman–Crippen MR) is 118 cm³/mol. The van der Waals surface area contributed by atoms with Crippen molar-refractivity contribution in [2.24, 2.45) is 0 Å². The summed E-state index contributed by atoms with van der Waals surface area (Å²) in [4.78, 5) is 14.0. The molecule has 0 aliphatic rings. The molecule has 3 rings (SSSR count). The van der Waals surface area contributed by atoms with Crippen molar-refractivity contribution < 1.29 is 19.7 Å². The van der Waals surface area contributed by atoms with Gasteiger partial charge in [0.25, 0.3) is 0 Å². The molecule has 3 aromatic rings. The zero-order chi connectivity index (χ0) is 21.3. The van der Waals surface area contributed by atoms with E-state index in [0.29, 0.717) is 23.6 Å². The minimum atomic E-state index is -0.923. The second-order valence-corrected chi connectivity index (χ2v) is 8.17. The number of aromatic hydroxyl groups is 1. The van der Waals surface area contributed by atoms with Crippen LogP contribution in [0, 0.1) is 0 Å². The number of halogens is 1. The summed E-state index contributed by atoms with van der Waals surface area (Å²) >= 11 is 7.50. The number of aliphatic hydroxyl groups is 1. The summed E-state index contributed by atoms with van der Waals surface area (Å²) in [5.41, 5.74) is 1.69. The van der Waals surface area contributed by atoms with Gasteiger partial charge < -0.3 is 20.3 Å². The molecule has 0 unspecified atom stereocenters. The minimum Gasteiger partial charge on any atom is -0.508 e. The number of carbonyl (C=O) groups excluding carboxylic acids is 1. The van der Waals surface area contributed by atoms with Crippen LogP contribution in [0.3, 0.4) is 0 Å². The van der Waals surface area contributed by atoms with E-state index in [4.69, 9.17) is 16.3 Å². The summed E-state index contributed by atoms with van der Waals surface area (Å²) in [5, 5.41) is 22.6. The second-order valence-electron chi connectivity index (χ2n) is 6.59. The molecule has 0 aliphatic heterocycles. The van der Waals surface area contributed by atoms with E-state index in [2.05, 4.69) is 5.32 Å². The van der Waals surface area contributed by atoms with Crippen LogP contribution in [0.2, 0.25) is 5.02 Å². The maximum Gasteiger partial charge on any atom is 0.407 e. The molecule has 1 atom stereocenters. The highest BCUT2D eigenvalue weighted by Crippen LogP contribution is 2.28. The van der Waals surface area contributed by atoms with E-state index in [9.17, 15) is 15.0 Å². The third-order valence-electron chi connectivity index (χ3n) is 4.28. The Kier molecular flexibility index (Phi) is 8.02. The van der Waals surface area contributed by atoms with Gasteiger partial charge in [-0.05, 0) is 66.1 Å². The minimum absolute atomic E-state index is 0.143. The number of benzene rings is 3. The van der Waals surface area contributed by atoms with E-state index >= 15 is 0 Å². The van der Waals surface area contributed by atoms with E-state index in [-0.39, 0.29) is 12.4 Å². The standard InChI is InChI=1S/C23H22ClNO4S/c24-18-3-1-2-17(14-18)22(27)15-29-23(28)25-13-12-16-4-8-20(9-5-16)30-21-10-6-19(26)7-11-21/h1-11,14,22,26-27H,12-13,15H2,(H,25,28)/t22-/m0/s1. The number of phenolic OH excluding ortho intramolecular Hbond substituents is 1. The Balaban J connectivity index is 1.38. The molecule has 1 amide bonds. The van der Waals surface area contributed by atoms with Crippen LogP contribution >= 0.6 is 23.4 Å². The van der Waals surface area contributed by atoms with Crippen molar-refractivity contribution in [3.63, 3.8) is 0 Å². The van der Waals surface area contributed by atoms with Crippen LogP contribution in [0.5, 0.6) is 5.75 Å². The van der Waals surface area contributed by atoms with Crippen molar-refractivity contribution in [3.05, 3.63) is 88.9 Å². The van der Waals surface area contributed by atoms with Gasteiger partial charge >= 0.3 is 6.09 Å². The van der Waals surface area contributed by atoms with Gasteiger partial charge in [0.1, 0.15) is 18.5 Å². The van der Waals surface area contributed by atoms with Crippen LogP contribution in [0.15, 0.2) is 82.6 Å². The fourth-order valence-electron chi connectivity index (χ4n) is 2.70. The summed E-state index contributed by atoms with van der Waals surface area (Å²) < 4.78 is 5.07. The SMILES string of the molecule is O=C(NCCc1ccc(Sc2ccc(O)cc2)cc1)OC[C@H](O)c1cccc(Cl)c1. The molecule has 30 heavy (non-hydrogen) atoms. The van der Waals surface area contributed by atoms with E-state index in [1.54, 1.807) is 48.2 Å². The number of hydrogen-bond donors (Lipinski definition) is 3. The van der Waals surface area contributed by atoms with Gasteiger partial charge in [0, 0.05) is 21.4 Å². The highest BCUT2D eigenvalue weighted by molar-refractivity contribution is 7.99. The van der Waals surface area contributed by atoms with E-state index in [1.165, 1.54) is 0 Å². The molecule has 0 aliphatic carbocycles. The first-order valence-corrected chi connectivity index (χ1v) is 10.6. The molecule has 0 saturated heterocycles. The topological polar surface area (TPSA) is 78.8 Å². The number of nitrogens with one attached hydrogen (secondary N) is 1. The van der Waals surface area contributed by atoms with E-state index in [1.807, 2.05) is 36.4 Å². The molecule has 156 valence electrons. The third kappa shape index (κ3) is 6.99. The van der Waals surface area contributed by atoms with Gasteiger partial charge in [0.2, 0.25) is 0 Å². The molecule has 5 nitrogen and oxygen atoms in total. The third-order valence-corrected chi connectivity index (χ3v) is 5.54. The number of alkyl carbamates (subject to hydrolysis) is 1. The molecule has 0 radical (unpaired) electrons. The zero-order valence-corrected chi connectivity index (χ0v) is 17.7. The maximum absolute atomic E-state index is 11.8. The van der Waals surface area contributed by atoms with Crippen LogP contribution in [0.1, 0.15) is 17.2 Å². The van der Waals surface area contributed by atoms with Crippen LogP contribution in [-0.4, -0.2) is 29.5 Å². The smallest absolute Gasteiger partial charge is 0.407 e. The van der Waals surface area contributed by atoms with Crippen molar-refractivity contribution in [2.75, 3.05) is 13.2 Å². The molecule has 3 aromatic carbocycles. The van der Waals surface area contributed by atoms with E-state index < -0.39 is 12.2 Å². The molecular formula is C23H22ClNO4S. The predicted octanol–water partition coefficient (Wildman–Crippen LogP) is 5.20. The number of hydrogen-bond acceptors (Lipinski definition) is 5. The van der Waals surface area contributed by atoms with Gasteiger partial charge in [-0.15, -0.1) is 0 Å². The van der Waals surface area contributed by atoms with Crippen molar-refractivity contribution >= 4 is 29.5 Å². The highest BCUT2D eigenvalue weighted by atomic mass is 35.5. The lowest BCUT2D eigenvalue weighted by molar-refractivity contribution is 0.0682. The molecule has 0 aromatic heterocycles. The Labute approximate surface area is 184 Å². The first-order chi connectivity index (χ1) is 14.5. The Morgan fingerprint density at radius 1 is 1.03 bits per heavy atom. The quantitative estimate of drug-likeness (QED) is 0.446. The lowest BCUT2D eigenvalue weighted by atomic mass is 10.1. The van der Waals surface area contributed by atoms with Gasteiger partial charge in [0.15, 0.2) is 0 Å². The summed E-state index contributed by atoms with van der Waals surface area (Å²) in [7, 11) is 0. The van der Waals surface area contributed by atoms with Gasteiger partial charge in [0.05, 0.1) is 0 Å². The number of amides is 1. The van der Waals surface area contributed by atoms with Crippen LogP contribution < -0.4 is 5.32 Å². The first kappa shape index (κ1) is 22.0. The Bertz CT molecular complexity index is 964. The Hall–Kier alpha value is -2.67. The molecule has 0 heterocycles. The molecule has 0 fully saturated rings. The normalized spacial score (nSPS) is 11.7. The number of rotatable bonds is 8. The highest BCUT2D eigenvalue weighted by Gasteiger charge is 2.11. The Morgan fingerprint density at radius 2 is 1.70 bits per heavy atom. The van der Waals surface area contributed by atoms with Gasteiger partial charge in [-0.2, -0.15) is 0 Å². The lowest BCUT2D eigenvalue weighted by Gasteiger charge is -2.12. The average Bonchev–Trinajstić information content (AvgIpc) is 2.75. The molecule has 0 bridgehead atoms. The number of carbonyl (C=O) groups is 1. The zero-order valence-electron chi connectivity index (χ0n) is 16.1. The number of aliphatic hydroxyl groups excluding tert-OH is 1. The van der Waals surface area contributed by atoms with Crippen molar-refractivity contribution in [1.29, 1.82) is 0 Å². The van der Waals surface area contributed by atoms with Crippen molar-refractivity contribution in [1.82, 2.24) is 5.32 Å². The van der Waals surface area contributed by atoms with Crippen LogP contribution in [-0.2, 0) is 11.2 Å². The molecule has 0 spiro atoms. The number of phenols is 1. The molecular weight excluding hydrogens is 422 g/mol. The first-order valence-electron chi connectivity index (χ1n) is 9.39. The summed E-state index contributed by atoms with van der Waals surface area (Å²) in [6.07, 6.45) is -0.834. The second kappa shape index (κ2) is 10.9. The van der Waals surface area contributed by atoms with Gasteiger partial charge in [-0.25, -0.2) is 4.79 Å². The fraction of sp³-hybridized carbons (Fsp3) is 0.174. The van der Waals surface area contributed by atoms with Crippen LogP contribution in [0.25, 0.3) is 0 Å². The van der Waals surface area contributed by atoms with Crippen molar-refractivity contribution in [3.8, 4) is 5.75 Å². The van der Waals surface area contributed by atoms with Gasteiger partial charge in [-0.3, -0.25) is 0 Å². The monoisotopic (exact) mass is 443 g/mol. The fourth-order valence-corrected chi connectivity index (χ4v) is 3.71. The molecule has 3 N–H and O–H groups in total. The Morgan fingerprint density at radius 3 is 2.37 bits per heavy atom. The maximum atomic E-state index is 11.8. The number of ether oxygens (including phenoxy) is 1. The average molecular weight is 444 g/mol. The van der Waals surface area contributed by atoms with E-state index in [0.717, 1.165) is 15.4 Å².